The maximum Gasteiger partial charge on any atom is 0.274 e. The normalized spacial score (nSPS) is 20.0. The second-order valence-electron chi connectivity index (χ2n) is 8.14. The highest BCUT2D eigenvalue weighted by atomic mass is 19.1. The molecular weight excluding hydrogens is 369 g/mol. The second-order valence-corrected chi connectivity index (χ2v) is 8.14. The van der Waals surface area contributed by atoms with Crippen LogP contribution in [0.4, 0.5) is 4.39 Å². The summed E-state index contributed by atoms with van der Waals surface area (Å²) in [6.07, 6.45) is 2.70. The van der Waals surface area contributed by atoms with Crippen molar-refractivity contribution in [1.29, 1.82) is 0 Å². The molecule has 1 fully saturated rings. The van der Waals surface area contributed by atoms with Crippen LogP contribution in [-0.2, 0) is 25.9 Å². The maximum absolute atomic E-state index is 13.4. The Morgan fingerprint density at radius 1 is 1.28 bits per heavy atom. The number of rotatable bonds is 5. The fourth-order valence-electron chi connectivity index (χ4n) is 4.36. The van der Waals surface area contributed by atoms with Crippen molar-refractivity contribution in [2.45, 2.75) is 45.3 Å². The van der Waals surface area contributed by atoms with Crippen LogP contribution in [0, 0.1) is 5.82 Å². The van der Waals surface area contributed by atoms with E-state index in [0.29, 0.717) is 12.2 Å². The van der Waals surface area contributed by atoms with E-state index < -0.39 is 0 Å². The van der Waals surface area contributed by atoms with Crippen LogP contribution >= 0.6 is 0 Å². The Hall–Kier alpha value is -2.25. The van der Waals surface area contributed by atoms with Crippen LogP contribution in [0.1, 0.15) is 40.7 Å². The Morgan fingerprint density at radius 2 is 2.07 bits per heavy atom. The molecule has 1 atom stereocenters. The number of benzene rings is 1. The summed E-state index contributed by atoms with van der Waals surface area (Å²) in [5.74, 6) is -0.146. The number of likely N-dealkylation sites (N-methyl/N-ethyl adjacent to an activating group) is 1. The SMILES string of the molecule is CCn1nc(C(=O)N2CCN(C)CC2)c2c1CCC(NCc1cccc(F)c1)C2. The van der Waals surface area contributed by atoms with Crippen LogP contribution in [0.25, 0.3) is 0 Å². The summed E-state index contributed by atoms with van der Waals surface area (Å²) in [5, 5.41) is 8.25. The first-order chi connectivity index (χ1) is 14.0. The zero-order valence-electron chi connectivity index (χ0n) is 17.3. The second kappa shape index (κ2) is 8.63. The molecule has 1 aromatic heterocycles. The molecule has 1 amide bonds. The van der Waals surface area contributed by atoms with Gasteiger partial charge >= 0.3 is 0 Å². The van der Waals surface area contributed by atoms with Gasteiger partial charge in [-0.3, -0.25) is 9.48 Å². The third-order valence-electron chi connectivity index (χ3n) is 6.12. The molecule has 2 aliphatic rings. The molecule has 1 aliphatic carbocycles. The number of hydrogen-bond acceptors (Lipinski definition) is 4. The molecular formula is C22H30FN5O. The van der Waals surface area contributed by atoms with Gasteiger partial charge in [-0.15, -0.1) is 0 Å². The van der Waals surface area contributed by atoms with Crippen molar-refractivity contribution in [2.24, 2.45) is 0 Å². The summed E-state index contributed by atoms with van der Waals surface area (Å²) in [5.41, 5.74) is 3.87. The zero-order valence-corrected chi connectivity index (χ0v) is 17.3. The minimum absolute atomic E-state index is 0.0623. The predicted octanol–water partition coefficient (Wildman–Crippen LogP) is 2.08. The number of nitrogens with zero attached hydrogens (tertiary/aromatic N) is 4. The van der Waals surface area contributed by atoms with E-state index in [0.717, 1.165) is 63.1 Å². The molecule has 0 spiro atoms. The van der Waals surface area contributed by atoms with Gasteiger partial charge in [-0.1, -0.05) is 12.1 Å². The minimum Gasteiger partial charge on any atom is -0.335 e. The highest BCUT2D eigenvalue weighted by Gasteiger charge is 2.31. The number of amides is 1. The smallest absolute Gasteiger partial charge is 0.274 e. The number of fused-ring (bicyclic) bond motifs is 1. The Bertz CT molecular complexity index is 872. The molecule has 0 saturated carbocycles. The van der Waals surface area contributed by atoms with Gasteiger partial charge in [-0.25, -0.2) is 4.39 Å². The molecule has 2 aromatic rings. The third-order valence-corrected chi connectivity index (χ3v) is 6.12. The lowest BCUT2D eigenvalue weighted by Gasteiger charge is -2.32. The van der Waals surface area contributed by atoms with E-state index in [1.165, 1.54) is 11.8 Å². The molecule has 7 heteroatoms. The van der Waals surface area contributed by atoms with E-state index in [-0.39, 0.29) is 17.8 Å². The molecule has 1 saturated heterocycles. The van der Waals surface area contributed by atoms with Gasteiger partial charge in [-0.05, 0) is 50.9 Å². The van der Waals surface area contributed by atoms with Crippen LogP contribution in [0.2, 0.25) is 0 Å². The largest absolute Gasteiger partial charge is 0.335 e. The lowest BCUT2D eigenvalue weighted by atomic mass is 9.90. The molecule has 6 nitrogen and oxygen atoms in total. The van der Waals surface area contributed by atoms with Gasteiger partial charge in [0.1, 0.15) is 5.82 Å². The number of halogens is 1. The summed E-state index contributed by atoms with van der Waals surface area (Å²) in [6.45, 7) is 6.79. The van der Waals surface area contributed by atoms with Crippen LogP contribution in [0.5, 0.6) is 0 Å². The van der Waals surface area contributed by atoms with Crippen molar-refractivity contribution >= 4 is 5.91 Å². The fraction of sp³-hybridized carbons (Fsp3) is 0.545. The van der Waals surface area contributed by atoms with Gasteiger partial charge in [0, 0.05) is 56.6 Å². The summed E-state index contributed by atoms with van der Waals surface area (Å²) >= 11 is 0. The molecule has 156 valence electrons. The molecule has 1 aromatic carbocycles. The topological polar surface area (TPSA) is 53.4 Å². The Balaban J connectivity index is 1.49. The number of nitrogens with one attached hydrogen (secondary N) is 1. The molecule has 1 aliphatic heterocycles. The van der Waals surface area contributed by atoms with Crippen molar-refractivity contribution in [3.63, 3.8) is 0 Å². The molecule has 1 unspecified atom stereocenters. The van der Waals surface area contributed by atoms with E-state index in [2.05, 4.69) is 24.2 Å². The minimum atomic E-state index is -0.209. The van der Waals surface area contributed by atoms with Crippen molar-refractivity contribution < 1.29 is 9.18 Å². The average molecular weight is 400 g/mol. The maximum atomic E-state index is 13.4. The standard InChI is InChI=1S/C22H30FN5O/c1-3-28-20-8-7-18(24-15-16-5-4-6-17(23)13-16)14-19(20)21(25-28)22(29)27-11-9-26(2)10-12-27/h4-6,13,18,24H,3,7-12,14-15H2,1-2H3. The van der Waals surface area contributed by atoms with Gasteiger partial charge in [0.15, 0.2) is 5.69 Å². The monoisotopic (exact) mass is 399 g/mol. The van der Waals surface area contributed by atoms with Crippen LogP contribution in [0.15, 0.2) is 24.3 Å². The van der Waals surface area contributed by atoms with Crippen molar-refractivity contribution in [2.75, 3.05) is 33.2 Å². The quantitative estimate of drug-likeness (QED) is 0.837. The van der Waals surface area contributed by atoms with E-state index in [9.17, 15) is 9.18 Å². The molecule has 2 heterocycles. The summed E-state index contributed by atoms with van der Waals surface area (Å²) in [6, 6.07) is 6.97. The van der Waals surface area contributed by atoms with Gasteiger partial charge in [-0.2, -0.15) is 5.10 Å². The lowest BCUT2D eigenvalue weighted by molar-refractivity contribution is 0.0656. The zero-order chi connectivity index (χ0) is 20.4. The number of carbonyl (C=O) groups is 1. The Labute approximate surface area is 171 Å². The van der Waals surface area contributed by atoms with Crippen molar-refractivity contribution in [3.05, 3.63) is 52.6 Å². The first-order valence-corrected chi connectivity index (χ1v) is 10.6. The molecule has 29 heavy (non-hydrogen) atoms. The van der Waals surface area contributed by atoms with Crippen LogP contribution < -0.4 is 5.32 Å². The highest BCUT2D eigenvalue weighted by molar-refractivity contribution is 5.94. The first kappa shape index (κ1) is 20.0. The number of aromatic nitrogens is 2. The fourth-order valence-corrected chi connectivity index (χ4v) is 4.36. The lowest BCUT2D eigenvalue weighted by Crippen LogP contribution is -2.47. The van der Waals surface area contributed by atoms with Crippen molar-refractivity contribution in [3.8, 4) is 0 Å². The molecule has 4 rings (SSSR count). The van der Waals surface area contributed by atoms with E-state index in [1.54, 1.807) is 12.1 Å². The van der Waals surface area contributed by atoms with E-state index in [1.807, 2.05) is 15.6 Å². The molecule has 1 N–H and O–H groups in total. The summed E-state index contributed by atoms with van der Waals surface area (Å²) < 4.78 is 15.4. The molecule has 0 radical (unpaired) electrons. The van der Waals surface area contributed by atoms with E-state index in [4.69, 9.17) is 5.10 Å². The Kier molecular flexibility index (Phi) is 5.96. The van der Waals surface area contributed by atoms with Crippen molar-refractivity contribution in [1.82, 2.24) is 24.9 Å². The number of carbonyl (C=O) groups excluding carboxylic acids is 1. The van der Waals surface area contributed by atoms with Gasteiger partial charge in [0.25, 0.3) is 5.91 Å². The third kappa shape index (κ3) is 4.36. The van der Waals surface area contributed by atoms with Gasteiger partial charge in [0.05, 0.1) is 0 Å². The summed E-state index contributed by atoms with van der Waals surface area (Å²) in [7, 11) is 2.09. The average Bonchev–Trinajstić information content (AvgIpc) is 3.10. The van der Waals surface area contributed by atoms with Crippen LogP contribution in [0.3, 0.4) is 0 Å². The number of piperazine rings is 1. The number of hydrogen-bond donors (Lipinski definition) is 1. The van der Waals surface area contributed by atoms with Crippen LogP contribution in [-0.4, -0.2) is 64.8 Å². The van der Waals surface area contributed by atoms with E-state index >= 15 is 0 Å². The van der Waals surface area contributed by atoms with Gasteiger partial charge < -0.3 is 15.1 Å². The molecule has 0 bridgehead atoms. The van der Waals surface area contributed by atoms with Gasteiger partial charge in [0.2, 0.25) is 0 Å². The first-order valence-electron chi connectivity index (χ1n) is 10.6. The highest BCUT2D eigenvalue weighted by Crippen LogP contribution is 2.26. The summed E-state index contributed by atoms with van der Waals surface area (Å²) in [4.78, 5) is 17.4. The number of aryl methyl sites for hydroxylation is 1. The predicted molar refractivity (Wildman–Crippen MR) is 110 cm³/mol. The Morgan fingerprint density at radius 3 is 2.79 bits per heavy atom.